The fourth-order valence-electron chi connectivity index (χ4n) is 0.514. The van der Waals surface area contributed by atoms with Gasteiger partial charge in [-0.15, -0.1) is 0 Å². The molecule has 0 unspecified atom stereocenters. The van der Waals surface area contributed by atoms with Gasteiger partial charge in [0.2, 0.25) is 0 Å². The zero-order chi connectivity index (χ0) is 8.10. The smallest absolute Gasteiger partial charge is 0.279 e. The van der Waals surface area contributed by atoms with Crippen LogP contribution in [0.15, 0.2) is 17.0 Å². The van der Waals surface area contributed by atoms with Gasteiger partial charge in [0.1, 0.15) is 11.8 Å². The Kier molecular flexibility index (Phi) is 2.62. The van der Waals surface area contributed by atoms with Gasteiger partial charge < -0.3 is 4.52 Å². The molecule has 5 nitrogen and oxygen atoms in total. The molecule has 0 atom stereocenters. The lowest BCUT2D eigenvalue weighted by molar-refractivity contribution is 0.0364. The van der Waals surface area contributed by atoms with E-state index in [4.69, 9.17) is 0 Å². The summed E-state index contributed by atoms with van der Waals surface area (Å²) in [4.78, 5) is 15.6. The van der Waals surface area contributed by atoms with Crippen LogP contribution in [0.25, 0.3) is 0 Å². The highest BCUT2D eigenvalue weighted by molar-refractivity contribution is 5.92. The Labute approximate surface area is 63.3 Å². The van der Waals surface area contributed by atoms with Crippen molar-refractivity contribution in [3.05, 3.63) is 18.0 Å². The third-order valence-corrected chi connectivity index (χ3v) is 1.00. The van der Waals surface area contributed by atoms with Crippen LogP contribution in [0.2, 0.25) is 0 Å². The molecule has 1 aromatic heterocycles. The van der Waals surface area contributed by atoms with Gasteiger partial charge in [0.15, 0.2) is 0 Å². The van der Waals surface area contributed by atoms with E-state index in [-0.39, 0.29) is 5.91 Å². The number of carbonyl (C=O) groups is 1. The maximum Gasteiger partial charge on any atom is 0.279 e. The fraction of sp³-hybridized carbons (Fsp3) is 0.333. The number of hydrogen-bond acceptors (Lipinski definition) is 4. The second kappa shape index (κ2) is 3.72. The van der Waals surface area contributed by atoms with E-state index < -0.39 is 0 Å². The predicted octanol–water partition coefficient (Wildman–Crippen LogP) is 0.356. The van der Waals surface area contributed by atoms with Gasteiger partial charge in [0.05, 0.1) is 12.8 Å². The normalized spacial score (nSPS) is 9.55. The number of hydroxylamine groups is 1. The molecule has 1 rings (SSSR count). The summed E-state index contributed by atoms with van der Waals surface area (Å²) in [6, 6.07) is 0. The Balaban J connectivity index is 2.43. The molecule has 0 saturated carbocycles. The van der Waals surface area contributed by atoms with Crippen LogP contribution in [0.3, 0.4) is 0 Å². The maximum atomic E-state index is 10.9. The molecule has 1 amide bonds. The average molecular weight is 156 g/mol. The first kappa shape index (κ1) is 7.74. The first-order chi connectivity index (χ1) is 5.34. The van der Waals surface area contributed by atoms with Crippen molar-refractivity contribution in [1.82, 2.24) is 10.6 Å². The quantitative estimate of drug-likeness (QED) is 0.641. The molecule has 60 valence electrons. The van der Waals surface area contributed by atoms with E-state index in [1.807, 2.05) is 0 Å². The number of aromatic nitrogens is 1. The van der Waals surface area contributed by atoms with Crippen LogP contribution in [0.4, 0.5) is 0 Å². The van der Waals surface area contributed by atoms with Crippen molar-refractivity contribution in [3.8, 4) is 0 Å². The highest BCUT2D eigenvalue weighted by atomic mass is 16.6. The van der Waals surface area contributed by atoms with Crippen LogP contribution in [0.5, 0.6) is 0 Å². The Bertz CT molecular complexity index is 220. The number of hydrogen-bond donors (Lipinski definition) is 1. The Morgan fingerprint density at radius 2 is 2.73 bits per heavy atom. The zero-order valence-corrected chi connectivity index (χ0v) is 6.03. The van der Waals surface area contributed by atoms with E-state index in [9.17, 15) is 4.79 Å². The van der Waals surface area contributed by atoms with Gasteiger partial charge in [-0.05, 0) is 6.92 Å². The molecule has 1 heterocycles. The monoisotopic (exact) mass is 156 g/mol. The summed E-state index contributed by atoms with van der Waals surface area (Å²) in [7, 11) is 0. The van der Waals surface area contributed by atoms with Crippen LogP contribution in [-0.2, 0) is 4.84 Å². The molecule has 5 heteroatoms. The first-order valence-corrected chi connectivity index (χ1v) is 3.16. The van der Waals surface area contributed by atoms with Crippen molar-refractivity contribution >= 4 is 5.91 Å². The van der Waals surface area contributed by atoms with Crippen LogP contribution in [0.1, 0.15) is 17.3 Å². The predicted molar refractivity (Wildman–Crippen MR) is 35.6 cm³/mol. The molecule has 11 heavy (non-hydrogen) atoms. The lowest BCUT2D eigenvalue weighted by Gasteiger charge is -1.98. The van der Waals surface area contributed by atoms with E-state index in [2.05, 4.69) is 20.0 Å². The van der Waals surface area contributed by atoms with Crippen molar-refractivity contribution in [3.63, 3.8) is 0 Å². The number of rotatable bonds is 3. The van der Waals surface area contributed by atoms with E-state index in [1.54, 1.807) is 6.92 Å². The number of amides is 1. The first-order valence-electron chi connectivity index (χ1n) is 3.16. The molecular formula is C6H8N2O3. The van der Waals surface area contributed by atoms with E-state index in [1.165, 1.54) is 12.5 Å². The summed E-state index contributed by atoms with van der Waals surface area (Å²) in [5, 5.41) is 3.36. The average Bonchev–Trinajstić information content (AvgIpc) is 2.52. The van der Waals surface area contributed by atoms with Gasteiger partial charge in [-0.2, -0.15) is 0 Å². The summed E-state index contributed by atoms with van der Waals surface area (Å²) in [6.45, 7) is 2.20. The van der Waals surface area contributed by atoms with Crippen molar-refractivity contribution in [1.29, 1.82) is 0 Å². The maximum absolute atomic E-state index is 10.9. The lowest BCUT2D eigenvalue weighted by Crippen LogP contribution is -2.22. The lowest BCUT2D eigenvalue weighted by atomic mass is 10.4. The molecule has 0 aliphatic carbocycles. The summed E-state index contributed by atoms with van der Waals surface area (Å²) in [5.74, 6) is -0.354. The number of nitrogens with one attached hydrogen (secondary N) is 1. The number of carbonyl (C=O) groups excluding carboxylic acids is 1. The Morgan fingerprint density at radius 1 is 1.91 bits per heavy atom. The summed E-state index contributed by atoms with van der Waals surface area (Å²) in [6.07, 6.45) is 2.56. The third kappa shape index (κ3) is 2.05. The minimum absolute atomic E-state index is 0.346. The molecule has 0 bridgehead atoms. The molecule has 0 radical (unpaired) electrons. The Hall–Kier alpha value is -1.36. The van der Waals surface area contributed by atoms with Gasteiger partial charge in [-0.1, -0.05) is 5.16 Å². The third-order valence-electron chi connectivity index (χ3n) is 1.00. The largest absolute Gasteiger partial charge is 0.364 e. The molecule has 0 fully saturated rings. The number of nitrogens with zero attached hydrogens (tertiary/aromatic N) is 1. The van der Waals surface area contributed by atoms with Gasteiger partial charge in [0.25, 0.3) is 5.91 Å². The molecule has 0 spiro atoms. The van der Waals surface area contributed by atoms with Gasteiger partial charge in [-0.25, -0.2) is 5.48 Å². The second-order valence-corrected chi connectivity index (χ2v) is 1.78. The van der Waals surface area contributed by atoms with Crippen molar-refractivity contribution in [2.24, 2.45) is 0 Å². The SMILES string of the molecule is CCONC(=O)c1cnoc1. The van der Waals surface area contributed by atoms with Crippen LogP contribution < -0.4 is 5.48 Å². The van der Waals surface area contributed by atoms with Crippen LogP contribution >= 0.6 is 0 Å². The highest BCUT2D eigenvalue weighted by Gasteiger charge is 2.05. The molecule has 0 aromatic carbocycles. The van der Waals surface area contributed by atoms with E-state index >= 15 is 0 Å². The molecule has 1 aromatic rings. The van der Waals surface area contributed by atoms with Gasteiger partial charge in [0, 0.05) is 0 Å². The molecule has 0 aliphatic heterocycles. The van der Waals surface area contributed by atoms with E-state index in [0.29, 0.717) is 12.2 Å². The summed E-state index contributed by atoms with van der Waals surface area (Å²) >= 11 is 0. The molecule has 0 saturated heterocycles. The van der Waals surface area contributed by atoms with Gasteiger partial charge in [-0.3, -0.25) is 9.63 Å². The van der Waals surface area contributed by atoms with Crippen LogP contribution in [-0.4, -0.2) is 17.7 Å². The van der Waals surface area contributed by atoms with Crippen molar-refractivity contribution in [2.45, 2.75) is 6.92 Å². The zero-order valence-electron chi connectivity index (χ0n) is 6.03. The minimum Gasteiger partial charge on any atom is -0.364 e. The molecule has 0 aliphatic rings. The molecule has 1 N–H and O–H groups in total. The van der Waals surface area contributed by atoms with Crippen LogP contribution in [0, 0.1) is 0 Å². The fourth-order valence-corrected chi connectivity index (χ4v) is 0.514. The summed E-state index contributed by atoms with van der Waals surface area (Å²) in [5.41, 5.74) is 2.54. The standard InChI is InChI=1S/C6H8N2O3/c1-2-10-8-6(9)5-3-7-11-4-5/h3-4H,2H2,1H3,(H,8,9). The van der Waals surface area contributed by atoms with Crippen molar-refractivity contribution < 1.29 is 14.2 Å². The summed E-state index contributed by atoms with van der Waals surface area (Å²) < 4.78 is 4.45. The second-order valence-electron chi connectivity index (χ2n) is 1.78. The highest BCUT2D eigenvalue weighted by Crippen LogP contribution is 1.94. The minimum atomic E-state index is -0.354. The molecular weight excluding hydrogens is 148 g/mol. The Morgan fingerprint density at radius 3 is 3.27 bits per heavy atom. The van der Waals surface area contributed by atoms with E-state index in [0.717, 1.165) is 0 Å². The van der Waals surface area contributed by atoms with Crippen molar-refractivity contribution in [2.75, 3.05) is 6.61 Å². The topological polar surface area (TPSA) is 64.4 Å². The van der Waals surface area contributed by atoms with Gasteiger partial charge >= 0.3 is 0 Å².